The van der Waals surface area contributed by atoms with Crippen LogP contribution in [0.2, 0.25) is 0 Å². The average molecular weight is 326 g/mol. The molecule has 0 fully saturated rings. The molecular weight excluding hydrogens is 312 g/mol. The second kappa shape index (κ2) is 5.73. The fourth-order valence-electron chi connectivity index (χ4n) is 2.44. The number of aryl methyl sites for hydroxylation is 1. The van der Waals surface area contributed by atoms with E-state index in [0.717, 1.165) is 9.13 Å². The topological polar surface area (TPSA) is 107 Å². The number of benzene rings is 1. The van der Waals surface area contributed by atoms with Gasteiger partial charge in [-0.05, 0) is 0 Å². The molecule has 0 spiro atoms. The summed E-state index contributed by atoms with van der Waals surface area (Å²) in [6.07, 6.45) is -0.224. The molecule has 8 heteroatoms. The summed E-state index contributed by atoms with van der Waals surface area (Å²) in [5, 5.41) is 0. The summed E-state index contributed by atoms with van der Waals surface area (Å²) >= 11 is 0. The summed E-state index contributed by atoms with van der Waals surface area (Å²) in [4.78, 5) is 55.0. The molecule has 3 rings (SSSR count). The van der Waals surface area contributed by atoms with Crippen LogP contribution < -0.4 is 16.8 Å². The van der Waals surface area contributed by atoms with Gasteiger partial charge in [0.1, 0.15) is 5.69 Å². The summed E-state index contributed by atoms with van der Waals surface area (Å²) < 4.78 is 2.04. The molecular formula is C16H14N4O4. The molecule has 0 aliphatic rings. The molecule has 0 saturated heterocycles. The van der Waals surface area contributed by atoms with Gasteiger partial charge < -0.3 is 4.98 Å². The standard InChI is InChI=1S/C16H14N4O4/c1-19-13-12(15(23)20(2)16(19)24)18-14(22)10(17-13)8-11(21)9-6-4-3-5-7-9/h3-7H,8H2,1-2H3,(H,18,22). The lowest BCUT2D eigenvalue weighted by Gasteiger charge is -2.07. The number of hydrogen-bond donors (Lipinski definition) is 1. The summed E-state index contributed by atoms with van der Waals surface area (Å²) in [5.41, 5.74) is -1.44. The van der Waals surface area contributed by atoms with Crippen molar-refractivity contribution >= 4 is 16.9 Å². The number of hydrogen-bond acceptors (Lipinski definition) is 5. The van der Waals surface area contributed by atoms with Crippen LogP contribution in [0.1, 0.15) is 16.1 Å². The highest BCUT2D eigenvalue weighted by molar-refractivity contribution is 5.97. The molecule has 0 aliphatic carbocycles. The Morgan fingerprint density at radius 3 is 2.42 bits per heavy atom. The summed E-state index contributed by atoms with van der Waals surface area (Å²) in [6.45, 7) is 0. The van der Waals surface area contributed by atoms with Gasteiger partial charge in [0.2, 0.25) is 0 Å². The van der Waals surface area contributed by atoms with E-state index < -0.39 is 16.8 Å². The van der Waals surface area contributed by atoms with E-state index in [1.165, 1.54) is 14.1 Å². The molecule has 8 nitrogen and oxygen atoms in total. The van der Waals surface area contributed by atoms with E-state index in [0.29, 0.717) is 5.56 Å². The third kappa shape index (κ3) is 2.47. The van der Waals surface area contributed by atoms with E-state index >= 15 is 0 Å². The second-order valence-corrected chi connectivity index (χ2v) is 5.38. The third-order valence-electron chi connectivity index (χ3n) is 3.80. The van der Waals surface area contributed by atoms with E-state index in [9.17, 15) is 19.2 Å². The number of aromatic amines is 1. The van der Waals surface area contributed by atoms with Gasteiger partial charge in [0, 0.05) is 19.7 Å². The predicted molar refractivity (Wildman–Crippen MR) is 87.3 cm³/mol. The van der Waals surface area contributed by atoms with Crippen LogP contribution in [-0.4, -0.2) is 24.9 Å². The Kier molecular flexibility index (Phi) is 3.72. The van der Waals surface area contributed by atoms with Gasteiger partial charge in [-0.25, -0.2) is 9.78 Å². The van der Waals surface area contributed by atoms with Crippen molar-refractivity contribution in [3.63, 3.8) is 0 Å². The number of nitrogens with zero attached hydrogens (tertiary/aromatic N) is 3. The highest BCUT2D eigenvalue weighted by Gasteiger charge is 2.16. The maximum atomic E-state index is 12.2. The van der Waals surface area contributed by atoms with E-state index in [-0.39, 0.29) is 29.1 Å². The maximum absolute atomic E-state index is 12.2. The van der Waals surface area contributed by atoms with E-state index in [2.05, 4.69) is 9.97 Å². The minimum Gasteiger partial charge on any atom is -0.313 e. The lowest BCUT2D eigenvalue weighted by Crippen LogP contribution is -2.39. The number of carbonyl (C=O) groups is 1. The number of rotatable bonds is 3. The zero-order chi connectivity index (χ0) is 17.4. The lowest BCUT2D eigenvalue weighted by molar-refractivity contribution is 0.0991. The predicted octanol–water partition coefficient (Wildman–Crippen LogP) is -0.254. The summed E-state index contributed by atoms with van der Waals surface area (Å²) in [6, 6.07) is 8.51. The first-order chi connectivity index (χ1) is 11.4. The normalized spacial score (nSPS) is 10.9. The van der Waals surface area contributed by atoms with Crippen molar-refractivity contribution in [2.45, 2.75) is 6.42 Å². The van der Waals surface area contributed by atoms with Gasteiger partial charge in [0.15, 0.2) is 16.9 Å². The van der Waals surface area contributed by atoms with Gasteiger partial charge in [-0.1, -0.05) is 30.3 Å². The molecule has 1 aromatic carbocycles. The monoisotopic (exact) mass is 326 g/mol. The number of ketones is 1. The highest BCUT2D eigenvalue weighted by atomic mass is 16.2. The van der Waals surface area contributed by atoms with Crippen molar-refractivity contribution in [1.82, 2.24) is 19.1 Å². The maximum Gasteiger partial charge on any atom is 0.332 e. The molecule has 0 amide bonds. The van der Waals surface area contributed by atoms with Crippen molar-refractivity contribution in [3.8, 4) is 0 Å². The average Bonchev–Trinajstić information content (AvgIpc) is 2.60. The fraction of sp³-hybridized carbons (Fsp3) is 0.188. The molecule has 0 atom stereocenters. The fourth-order valence-corrected chi connectivity index (χ4v) is 2.44. The van der Waals surface area contributed by atoms with Crippen molar-refractivity contribution in [2.75, 3.05) is 0 Å². The molecule has 0 aliphatic heterocycles. The Morgan fingerprint density at radius 2 is 1.75 bits per heavy atom. The van der Waals surface area contributed by atoms with Gasteiger partial charge in [-0.15, -0.1) is 0 Å². The smallest absolute Gasteiger partial charge is 0.313 e. The number of H-pyrrole nitrogens is 1. The first-order valence-corrected chi connectivity index (χ1v) is 7.17. The largest absolute Gasteiger partial charge is 0.332 e. The third-order valence-corrected chi connectivity index (χ3v) is 3.80. The van der Waals surface area contributed by atoms with Crippen LogP contribution in [0.4, 0.5) is 0 Å². The number of carbonyl (C=O) groups excluding carboxylic acids is 1. The Labute approximate surface area is 135 Å². The van der Waals surface area contributed by atoms with E-state index in [1.807, 2.05) is 0 Å². The van der Waals surface area contributed by atoms with Crippen LogP contribution in [0.25, 0.3) is 11.2 Å². The van der Waals surface area contributed by atoms with Crippen LogP contribution in [0.5, 0.6) is 0 Å². The minimum atomic E-state index is -0.640. The summed E-state index contributed by atoms with van der Waals surface area (Å²) in [5.74, 6) is -0.276. The molecule has 122 valence electrons. The van der Waals surface area contributed by atoms with Crippen molar-refractivity contribution in [1.29, 1.82) is 0 Å². The van der Waals surface area contributed by atoms with Crippen molar-refractivity contribution in [2.24, 2.45) is 14.1 Å². The molecule has 0 saturated carbocycles. The zero-order valence-electron chi connectivity index (χ0n) is 13.1. The minimum absolute atomic E-state index is 0.0403. The van der Waals surface area contributed by atoms with Gasteiger partial charge >= 0.3 is 5.69 Å². The number of aromatic nitrogens is 4. The van der Waals surface area contributed by atoms with Crippen molar-refractivity contribution in [3.05, 3.63) is 72.8 Å². The van der Waals surface area contributed by atoms with Gasteiger partial charge in [0.05, 0.1) is 6.42 Å². The Morgan fingerprint density at radius 1 is 1.08 bits per heavy atom. The first-order valence-electron chi connectivity index (χ1n) is 7.17. The molecule has 0 bridgehead atoms. The SMILES string of the molecule is Cn1c(=O)c2[nH]c(=O)c(CC(=O)c3ccccc3)nc2n(C)c1=O. The molecule has 0 radical (unpaired) electrons. The molecule has 24 heavy (non-hydrogen) atoms. The van der Waals surface area contributed by atoms with Crippen LogP contribution in [0.3, 0.4) is 0 Å². The quantitative estimate of drug-likeness (QED) is 0.668. The number of nitrogens with one attached hydrogen (secondary N) is 1. The van der Waals surface area contributed by atoms with Gasteiger partial charge in [0.25, 0.3) is 11.1 Å². The number of Topliss-reactive ketones (excluding diaryl/α,β-unsaturated/α-hetero) is 1. The first kappa shape index (κ1) is 15.6. The van der Waals surface area contributed by atoms with E-state index in [1.54, 1.807) is 30.3 Å². The van der Waals surface area contributed by atoms with Crippen LogP contribution in [0.15, 0.2) is 44.7 Å². The van der Waals surface area contributed by atoms with Crippen LogP contribution in [-0.2, 0) is 20.5 Å². The molecule has 2 aromatic heterocycles. The Balaban J connectivity index is 2.16. The van der Waals surface area contributed by atoms with Crippen molar-refractivity contribution < 1.29 is 4.79 Å². The van der Waals surface area contributed by atoms with Crippen LogP contribution >= 0.6 is 0 Å². The van der Waals surface area contributed by atoms with Gasteiger partial charge in [-0.2, -0.15) is 0 Å². The highest BCUT2D eigenvalue weighted by Crippen LogP contribution is 2.05. The van der Waals surface area contributed by atoms with E-state index in [4.69, 9.17) is 0 Å². The van der Waals surface area contributed by atoms with Crippen LogP contribution in [0, 0.1) is 0 Å². The molecule has 3 aromatic rings. The zero-order valence-corrected chi connectivity index (χ0v) is 13.1. The second-order valence-electron chi connectivity index (χ2n) is 5.38. The molecule has 2 heterocycles. The molecule has 0 unspecified atom stereocenters. The molecule has 1 N–H and O–H groups in total. The number of fused-ring (bicyclic) bond motifs is 1. The summed E-state index contributed by atoms with van der Waals surface area (Å²) in [7, 11) is 2.76. The lowest BCUT2D eigenvalue weighted by atomic mass is 10.1. The van der Waals surface area contributed by atoms with Gasteiger partial charge in [-0.3, -0.25) is 23.5 Å². The Bertz CT molecular complexity index is 1120. The Hall–Kier alpha value is -3.29.